The van der Waals surface area contributed by atoms with Crippen LogP contribution in [0.5, 0.6) is 0 Å². The molecule has 0 heterocycles. The number of hydrogen-bond donors (Lipinski definition) is 3. The van der Waals surface area contributed by atoms with Gasteiger partial charge < -0.3 is 16.2 Å². The molecule has 0 aliphatic heterocycles. The van der Waals surface area contributed by atoms with Crippen LogP contribution in [0, 0.1) is 11.3 Å². The molecule has 1 saturated carbocycles. The van der Waals surface area contributed by atoms with Gasteiger partial charge in [0.2, 0.25) is 5.91 Å². The predicted octanol–water partition coefficient (Wildman–Crippen LogP) is 1.45. The molecule has 0 saturated heterocycles. The summed E-state index contributed by atoms with van der Waals surface area (Å²) in [6, 6.07) is 0.172. The SMILES string of the molecule is CC(C)(C)CC(O)CNC(=O)C1CCC(N)C1.Cl. The number of carbonyl (C=O) groups is 1. The lowest BCUT2D eigenvalue weighted by Crippen LogP contribution is -2.37. The average Bonchev–Trinajstić information content (AvgIpc) is 2.58. The Morgan fingerprint density at radius 2 is 2.06 bits per heavy atom. The summed E-state index contributed by atoms with van der Waals surface area (Å²) in [7, 11) is 0. The largest absolute Gasteiger partial charge is 0.391 e. The lowest BCUT2D eigenvalue weighted by Gasteiger charge is -2.23. The fourth-order valence-corrected chi connectivity index (χ4v) is 2.40. The van der Waals surface area contributed by atoms with Gasteiger partial charge in [0.1, 0.15) is 0 Å². The van der Waals surface area contributed by atoms with E-state index in [-0.39, 0.29) is 35.7 Å². The summed E-state index contributed by atoms with van der Waals surface area (Å²) in [5.74, 6) is 0.0951. The van der Waals surface area contributed by atoms with Crippen LogP contribution in [-0.2, 0) is 4.79 Å². The maximum atomic E-state index is 11.8. The minimum absolute atomic E-state index is 0. The van der Waals surface area contributed by atoms with Crippen LogP contribution in [0.25, 0.3) is 0 Å². The van der Waals surface area contributed by atoms with E-state index in [1.807, 2.05) is 0 Å². The van der Waals surface area contributed by atoms with Crippen molar-refractivity contribution in [1.29, 1.82) is 0 Å². The molecule has 0 spiro atoms. The zero-order valence-corrected chi connectivity index (χ0v) is 12.4. The second-order valence-electron chi connectivity index (χ2n) is 6.43. The second kappa shape index (κ2) is 7.31. The van der Waals surface area contributed by atoms with E-state index in [0.29, 0.717) is 13.0 Å². The van der Waals surface area contributed by atoms with Crippen LogP contribution < -0.4 is 11.1 Å². The summed E-state index contributed by atoms with van der Waals surface area (Å²) in [6.45, 7) is 6.58. The Bertz CT molecular complexity index is 266. The first-order valence-corrected chi connectivity index (χ1v) is 6.49. The Kier molecular flexibility index (Phi) is 7.18. The third kappa shape index (κ3) is 6.57. The molecule has 5 heteroatoms. The highest BCUT2D eigenvalue weighted by Gasteiger charge is 2.28. The van der Waals surface area contributed by atoms with Crippen LogP contribution in [0.15, 0.2) is 0 Å². The Labute approximate surface area is 116 Å². The molecule has 1 fully saturated rings. The molecule has 1 amide bonds. The van der Waals surface area contributed by atoms with E-state index >= 15 is 0 Å². The zero-order valence-electron chi connectivity index (χ0n) is 11.6. The van der Waals surface area contributed by atoms with Gasteiger partial charge in [-0.15, -0.1) is 12.4 Å². The topological polar surface area (TPSA) is 75.3 Å². The van der Waals surface area contributed by atoms with Crippen molar-refractivity contribution in [3.8, 4) is 0 Å². The van der Waals surface area contributed by atoms with E-state index in [1.165, 1.54) is 0 Å². The molecule has 18 heavy (non-hydrogen) atoms. The molecule has 0 aromatic rings. The molecule has 0 radical (unpaired) electrons. The van der Waals surface area contributed by atoms with E-state index < -0.39 is 6.10 Å². The number of amides is 1. The van der Waals surface area contributed by atoms with Crippen molar-refractivity contribution in [3.63, 3.8) is 0 Å². The molecule has 0 bridgehead atoms. The average molecular weight is 279 g/mol. The van der Waals surface area contributed by atoms with Crippen LogP contribution in [0.2, 0.25) is 0 Å². The van der Waals surface area contributed by atoms with Gasteiger partial charge >= 0.3 is 0 Å². The summed E-state index contributed by atoms with van der Waals surface area (Å²) >= 11 is 0. The number of aliphatic hydroxyl groups excluding tert-OH is 1. The molecule has 3 atom stereocenters. The molecule has 0 aromatic heterocycles. The zero-order chi connectivity index (χ0) is 13.1. The molecule has 1 rings (SSSR count). The summed E-state index contributed by atoms with van der Waals surface area (Å²) in [4.78, 5) is 11.8. The Hall–Kier alpha value is -0.320. The lowest BCUT2D eigenvalue weighted by molar-refractivity contribution is -0.125. The van der Waals surface area contributed by atoms with Crippen molar-refractivity contribution in [2.75, 3.05) is 6.54 Å². The monoisotopic (exact) mass is 278 g/mol. The second-order valence-corrected chi connectivity index (χ2v) is 6.43. The molecule has 0 aromatic carbocycles. The van der Waals surface area contributed by atoms with Crippen molar-refractivity contribution in [2.24, 2.45) is 17.1 Å². The summed E-state index contributed by atoms with van der Waals surface area (Å²) < 4.78 is 0. The van der Waals surface area contributed by atoms with Crippen LogP contribution in [0.3, 0.4) is 0 Å². The van der Waals surface area contributed by atoms with Crippen molar-refractivity contribution in [1.82, 2.24) is 5.32 Å². The Balaban J connectivity index is 0.00000289. The molecular weight excluding hydrogens is 252 g/mol. The van der Waals surface area contributed by atoms with Gasteiger partial charge in [0, 0.05) is 18.5 Å². The van der Waals surface area contributed by atoms with Crippen molar-refractivity contribution in [2.45, 2.75) is 58.6 Å². The Morgan fingerprint density at radius 1 is 1.44 bits per heavy atom. The van der Waals surface area contributed by atoms with Crippen LogP contribution in [0.4, 0.5) is 0 Å². The highest BCUT2D eigenvalue weighted by atomic mass is 35.5. The van der Waals surface area contributed by atoms with Crippen molar-refractivity contribution >= 4 is 18.3 Å². The third-order valence-corrected chi connectivity index (χ3v) is 3.20. The van der Waals surface area contributed by atoms with E-state index in [1.54, 1.807) is 0 Å². The highest BCUT2D eigenvalue weighted by molar-refractivity contribution is 5.85. The van der Waals surface area contributed by atoms with Crippen LogP contribution >= 0.6 is 12.4 Å². The van der Waals surface area contributed by atoms with E-state index in [4.69, 9.17) is 5.73 Å². The fraction of sp³-hybridized carbons (Fsp3) is 0.923. The summed E-state index contributed by atoms with van der Waals surface area (Å²) in [5, 5.41) is 12.6. The number of nitrogens with two attached hydrogens (primary N) is 1. The van der Waals surface area contributed by atoms with Gasteiger partial charge in [-0.3, -0.25) is 4.79 Å². The molecule has 1 aliphatic rings. The quantitative estimate of drug-likeness (QED) is 0.729. The number of hydrogen-bond acceptors (Lipinski definition) is 3. The number of aliphatic hydroxyl groups is 1. The molecule has 1 aliphatic carbocycles. The molecule has 108 valence electrons. The lowest BCUT2D eigenvalue weighted by atomic mass is 9.89. The maximum Gasteiger partial charge on any atom is 0.223 e. The molecule has 4 nitrogen and oxygen atoms in total. The number of halogens is 1. The van der Waals surface area contributed by atoms with Gasteiger partial charge in [0.15, 0.2) is 0 Å². The smallest absolute Gasteiger partial charge is 0.223 e. The van der Waals surface area contributed by atoms with Crippen LogP contribution in [-0.4, -0.2) is 29.7 Å². The van der Waals surface area contributed by atoms with Gasteiger partial charge in [-0.25, -0.2) is 0 Å². The van der Waals surface area contributed by atoms with Gasteiger partial charge in [0.05, 0.1) is 6.10 Å². The van der Waals surface area contributed by atoms with Crippen LogP contribution in [0.1, 0.15) is 46.5 Å². The molecule has 3 unspecified atom stereocenters. The standard InChI is InChI=1S/C13H26N2O2.ClH/c1-13(2,3)7-11(16)8-15-12(17)9-4-5-10(14)6-9;/h9-11,16H,4-8,14H2,1-3H3,(H,15,17);1H. The molecular formula is C13H27ClN2O2. The minimum Gasteiger partial charge on any atom is -0.391 e. The molecule has 4 N–H and O–H groups in total. The number of nitrogens with one attached hydrogen (secondary N) is 1. The normalized spacial score (nSPS) is 25.4. The van der Waals surface area contributed by atoms with Gasteiger partial charge in [-0.2, -0.15) is 0 Å². The maximum absolute atomic E-state index is 11.8. The fourth-order valence-electron chi connectivity index (χ4n) is 2.40. The number of carbonyl (C=O) groups excluding carboxylic acids is 1. The summed E-state index contributed by atoms with van der Waals surface area (Å²) in [6.07, 6.45) is 2.82. The van der Waals surface area contributed by atoms with E-state index in [2.05, 4.69) is 26.1 Å². The van der Waals surface area contributed by atoms with Gasteiger partial charge in [-0.1, -0.05) is 20.8 Å². The first-order chi connectivity index (χ1) is 7.78. The van der Waals surface area contributed by atoms with Crippen molar-refractivity contribution in [3.05, 3.63) is 0 Å². The van der Waals surface area contributed by atoms with E-state index in [0.717, 1.165) is 19.3 Å². The van der Waals surface area contributed by atoms with Crippen molar-refractivity contribution < 1.29 is 9.90 Å². The Morgan fingerprint density at radius 3 is 2.50 bits per heavy atom. The predicted molar refractivity (Wildman–Crippen MR) is 75.7 cm³/mol. The van der Waals surface area contributed by atoms with E-state index in [9.17, 15) is 9.90 Å². The highest BCUT2D eigenvalue weighted by Crippen LogP contribution is 2.24. The van der Waals surface area contributed by atoms with Gasteiger partial charge in [0.25, 0.3) is 0 Å². The minimum atomic E-state index is -0.464. The number of rotatable bonds is 4. The first-order valence-electron chi connectivity index (χ1n) is 6.49. The van der Waals surface area contributed by atoms with Gasteiger partial charge in [-0.05, 0) is 31.1 Å². The first kappa shape index (κ1) is 17.7. The third-order valence-electron chi connectivity index (χ3n) is 3.20. The summed E-state index contributed by atoms with van der Waals surface area (Å²) in [5.41, 5.74) is 5.86.